The van der Waals surface area contributed by atoms with Gasteiger partial charge in [0.25, 0.3) is 5.91 Å². The Balaban J connectivity index is 2.95. The molecule has 0 radical (unpaired) electrons. The molecule has 0 unspecified atom stereocenters. The molecule has 6 nitrogen and oxygen atoms in total. The average Bonchev–Trinajstić information content (AvgIpc) is 2.50. The molecular formula is C15H15BrN2O4. The first-order valence-corrected chi connectivity index (χ1v) is 7.01. The maximum atomic E-state index is 11.8. The van der Waals surface area contributed by atoms with Crippen molar-refractivity contribution in [1.29, 1.82) is 5.26 Å². The summed E-state index contributed by atoms with van der Waals surface area (Å²) in [4.78, 5) is 24.2. The number of amides is 1. The van der Waals surface area contributed by atoms with Gasteiger partial charge in [-0.25, -0.2) is 4.79 Å². The molecule has 116 valence electrons. The first-order valence-electron chi connectivity index (χ1n) is 6.21. The van der Waals surface area contributed by atoms with E-state index in [0.29, 0.717) is 15.8 Å². The van der Waals surface area contributed by atoms with Crippen LogP contribution in [0.25, 0.3) is 6.08 Å². The molecule has 0 spiro atoms. The minimum atomic E-state index is -0.487. The average molecular weight is 367 g/mol. The van der Waals surface area contributed by atoms with Crippen LogP contribution in [0.4, 0.5) is 0 Å². The second-order valence-electron chi connectivity index (χ2n) is 4.42. The highest BCUT2D eigenvalue weighted by Crippen LogP contribution is 2.27. The van der Waals surface area contributed by atoms with Crippen LogP contribution in [0.5, 0.6) is 5.75 Å². The lowest BCUT2D eigenvalue weighted by Gasteiger charge is -2.09. The smallest absolute Gasteiger partial charge is 0.343 e. The van der Waals surface area contributed by atoms with Crippen LogP contribution in [0, 0.1) is 11.3 Å². The molecule has 0 N–H and O–H groups in total. The highest BCUT2D eigenvalue weighted by atomic mass is 79.9. The van der Waals surface area contributed by atoms with Gasteiger partial charge in [-0.15, -0.1) is 0 Å². The van der Waals surface area contributed by atoms with Crippen LogP contribution in [0.2, 0.25) is 0 Å². The largest absolute Gasteiger partial charge is 0.481 e. The van der Waals surface area contributed by atoms with E-state index >= 15 is 0 Å². The number of halogens is 1. The maximum absolute atomic E-state index is 11.8. The van der Waals surface area contributed by atoms with Crippen LogP contribution in [0.3, 0.4) is 0 Å². The number of rotatable bonds is 5. The molecule has 1 aromatic carbocycles. The first-order chi connectivity index (χ1) is 10.4. The van der Waals surface area contributed by atoms with Gasteiger partial charge in [-0.05, 0) is 39.7 Å². The van der Waals surface area contributed by atoms with Crippen molar-refractivity contribution in [1.82, 2.24) is 4.90 Å². The summed E-state index contributed by atoms with van der Waals surface area (Å²) in [6.45, 7) is -0.202. The van der Waals surface area contributed by atoms with Gasteiger partial charge in [-0.1, -0.05) is 6.07 Å². The van der Waals surface area contributed by atoms with Crippen LogP contribution in [0.15, 0.2) is 28.2 Å². The summed E-state index contributed by atoms with van der Waals surface area (Å²) in [5, 5.41) is 9.05. The number of carbonyl (C=O) groups excluding carboxylic acids is 2. The lowest BCUT2D eigenvalue weighted by atomic mass is 10.1. The highest BCUT2D eigenvalue weighted by Gasteiger charge is 2.12. The Kier molecular flexibility index (Phi) is 6.60. The predicted octanol–water partition coefficient (Wildman–Crippen LogP) is 2.00. The van der Waals surface area contributed by atoms with E-state index in [1.807, 2.05) is 6.07 Å². The Bertz CT molecular complexity index is 647. The Morgan fingerprint density at radius 2 is 2.09 bits per heavy atom. The monoisotopic (exact) mass is 366 g/mol. The SMILES string of the molecule is COC(=O)COc1ccc(/C=C(/C#N)C(=O)N(C)C)cc1Br. The van der Waals surface area contributed by atoms with Gasteiger partial charge >= 0.3 is 5.97 Å². The Hall–Kier alpha value is -2.33. The number of hydrogen-bond donors (Lipinski definition) is 0. The van der Waals surface area contributed by atoms with E-state index in [4.69, 9.17) is 10.00 Å². The maximum Gasteiger partial charge on any atom is 0.343 e. The van der Waals surface area contributed by atoms with E-state index in [9.17, 15) is 9.59 Å². The van der Waals surface area contributed by atoms with Crippen molar-refractivity contribution in [3.05, 3.63) is 33.8 Å². The van der Waals surface area contributed by atoms with Crippen molar-refractivity contribution in [3.63, 3.8) is 0 Å². The molecule has 0 fully saturated rings. The fraction of sp³-hybridized carbons (Fsp3) is 0.267. The molecule has 0 aliphatic carbocycles. The number of esters is 1. The molecule has 0 aliphatic rings. The number of benzene rings is 1. The Morgan fingerprint density at radius 3 is 2.59 bits per heavy atom. The van der Waals surface area contributed by atoms with Crippen LogP contribution in [0.1, 0.15) is 5.56 Å². The summed E-state index contributed by atoms with van der Waals surface area (Å²) >= 11 is 3.31. The molecule has 22 heavy (non-hydrogen) atoms. The lowest BCUT2D eigenvalue weighted by Crippen LogP contribution is -2.22. The lowest BCUT2D eigenvalue weighted by molar-refractivity contribution is -0.142. The van der Waals surface area contributed by atoms with Gasteiger partial charge in [0.1, 0.15) is 17.4 Å². The zero-order valence-electron chi connectivity index (χ0n) is 12.4. The molecular weight excluding hydrogens is 352 g/mol. The molecule has 0 heterocycles. The van der Waals surface area contributed by atoms with Gasteiger partial charge in [-0.2, -0.15) is 5.26 Å². The zero-order valence-corrected chi connectivity index (χ0v) is 14.0. The summed E-state index contributed by atoms with van der Waals surface area (Å²) in [6.07, 6.45) is 1.48. The Morgan fingerprint density at radius 1 is 1.41 bits per heavy atom. The summed E-state index contributed by atoms with van der Waals surface area (Å²) in [7, 11) is 4.43. The van der Waals surface area contributed by atoms with Crippen LogP contribution in [-0.2, 0) is 14.3 Å². The number of ether oxygens (including phenoxy) is 2. The van der Waals surface area contributed by atoms with Crippen molar-refractivity contribution in [2.75, 3.05) is 27.8 Å². The second kappa shape index (κ2) is 8.20. The van der Waals surface area contributed by atoms with Crippen LogP contribution < -0.4 is 4.74 Å². The number of methoxy groups -OCH3 is 1. The van der Waals surface area contributed by atoms with E-state index in [2.05, 4.69) is 20.7 Å². The third-order valence-corrected chi connectivity index (χ3v) is 3.22. The quantitative estimate of drug-likeness (QED) is 0.452. The van der Waals surface area contributed by atoms with E-state index in [1.165, 1.54) is 18.1 Å². The van der Waals surface area contributed by atoms with E-state index in [0.717, 1.165) is 0 Å². The third-order valence-electron chi connectivity index (χ3n) is 2.60. The van der Waals surface area contributed by atoms with Gasteiger partial charge < -0.3 is 14.4 Å². The minimum absolute atomic E-state index is 0.0279. The van der Waals surface area contributed by atoms with Crippen LogP contribution in [-0.4, -0.2) is 44.6 Å². The standard InChI is InChI=1S/C15H15BrN2O4/c1-18(2)15(20)11(8-17)6-10-4-5-13(12(16)7-10)22-9-14(19)21-3/h4-7H,9H2,1-3H3/b11-6-. The van der Waals surface area contributed by atoms with Crippen LogP contribution >= 0.6 is 15.9 Å². The van der Waals surface area contributed by atoms with E-state index in [1.54, 1.807) is 32.3 Å². The predicted molar refractivity (Wildman–Crippen MR) is 83.9 cm³/mol. The van der Waals surface area contributed by atoms with Gasteiger partial charge in [-0.3, -0.25) is 4.79 Å². The van der Waals surface area contributed by atoms with Gasteiger partial charge in [0, 0.05) is 14.1 Å². The Labute approximate surface area is 137 Å². The molecule has 0 saturated heterocycles. The molecule has 1 amide bonds. The molecule has 0 bridgehead atoms. The first kappa shape index (κ1) is 17.7. The number of carbonyl (C=O) groups is 2. The number of likely N-dealkylation sites (N-methyl/N-ethyl adjacent to an activating group) is 1. The molecule has 0 saturated carbocycles. The van der Waals surface area contributed by atoms with E-state index < -0.39 is 5.97 Å². The molecule has 1 rings (SSSR count). The normalized spacial score (nSPS) is 10.6. The topological polar surface area (TPSA) is 79.6 Å². The summed E-state index contributed by atoms with van der Waals surface area (Å²) in [5.74, 6) is -0.399. The number of hydrogen-bond acceptors (Lipinski definition) is 5. The fourth-order valence-electron chi connectivity index (χ4n) is 1.47. The highest BCUT2D eigenvalue weighted by molar-refractivity contribution is 9.10. The zero-order chi connectivity index (χ0) is 16.7. The molecule has 1 aromatic rings. The molecule has 0 aromatic heterocycles. The summed E-state index contributed by atoms with van der Waals surface area (Å²) in [6, 6.07) is 6.87. The van der Waals surface area contributed by atoms with Gasteiger partial charge in [0.15, 0.2) is 6.61 Å². The minimum Gasteiger partial charge on any atom is -0.481 e. The van der Waals surface area contributed by atoms with Crippen molar-refractivity contribution in [2.24, 2.45) is 0 Å². The fourth-order valence-corrected chi connectivity index (χ4v) is 1.98. The number of nitrogens with zero attached hydrogens (tertiary/aromatic N) is 2. The second-order valence-corrected chi connectivity index (χ2v) is 5.28. The summed E-state index contributed by atoms with van der Waals surface area (Å²) in [5.41, 5.74) is 0.684. The van der Waals surface area contributed by atoms with Crippen molar-refractivity contribution < 1.29 is 19.1 Å². The third kappa shape index (κ3) is 4.90. The summed E-state index contributed by atoms with van der Waals surface area (Å²) < 4.78 is 10.4. The van der Waals surface area contributed by atoms with Crippen molar-refractivity contribution in [2.45, 2.75) is 0 Å². The molecule has 0 atom stereocenters. The van der Waals surface area contributed by atoms with Crippen molar-refractivity contribution in [3.8, 4) is 11.8 Å². The van der Waals surface area contributed by atoms with Gasteiger partial charge in [0.05, 0.1) is 11.6 Å². The van der Waals surface area contributed by atoms with Gasteiger partial charge in [0.2, 0.25) is 0 Å². The molecule has 0 aliphatic heterocycles. The molecule has 7 heteroatoms. The van der Waals surface area contributed by atoms with Crippen molar-refractivity contribution >= 4 is 33.9 Å². The van der Waals surface area contributed by atoms with E-state index in [-0.39, 0.29) is 18.1 Å². The number of nitriles is 1.